The van der Waals surface area contributed by atoms with E-state index in [2.05, 4.69) is 31.3 Å². The molecule has 2 atom stereocenters. The van der Waals surface area contributed by atoms with E-state index >= 15 is 0 Å². The molecule has 0 radical (unpaired) electrons. The average Bonchev–Trinajstić information content (AvgIpc) is 3.07. The molecule has 0 aliphatic rings. The first kappa shape index (κ1) is 46.1. The zero-order valence-electron chi connectivity index (χ0n) is 32.1. The van der Waals surface area contributed by atoms with Crippen LogP contribution < -0.4 is 5.32 Å². The van der Waals surface area contributed by atoms with Gasteiger partial charge >= 0.3 is 0 Å². The summed E-state index contributed by atoms with van der Waals surface area (Å²) in [5.41, 5.74) is 0. The second-order valence-corrected chi connectivity index (χ2v) is 14.8. The first-order chi connectivity index (χ1) is 23.2. The van der Waals surface area contributed by atoms with Gasteiger partial charge in [0.15, 0.2) is 0 Å². The molecule has 0 aromatic rings. The van der Waals surface area contributed by atoms with Gasteiger partial charge < -0.3 is 15.5 Å². The SMILES string of the molecule is CCCCCCCCCC/C=C\CCCCCCCCCC(=O)NC(CO)C(O)CCCCCCCCCCCCCCCCCC. The maximum atomic E-state index is 12.4. The van der Waals surface area contributed by atoms with Crippen LogP contribution in [-0.2, 0) is 4.79 Å². The van der Waals surface area contributed by atoms with Gasteiger partial charge in [-0.1, -0.05) is 206 Å². The number of carbonyl (C=O) groups excluding carboxylic acids is 1. The number of rotatable bonds is 39. The minimum Gasteiger partial charge on any atom is -0.394 e. The first-order valence-electron chi connectivity index (χ1n) is 21.4. The Balaban J connectivity index is 3.51. The third-order valence-corrected chi connectivity index (χ3v) is 10.0. The summed E-state index contributed by atoms with van der Waals surface area (Å²) in [6, 6.07) is -0.534. The highest BCUT2D eigenvalue weighted by Gasteiger charge is 2.20. The van der Waals surface area contributed by atoms with E-state index in [0.717, 1.165) is 25.7 Å². The number of aliphatic hydroxyl groups is 2. The Morgan fingerprint density at radius 3 is 1.17 bits per heavy atom. The second kappa shape index (κ2) is 39.6. The lowest BCUT2D eigenvalue weighted by atomic mass is 10.0. The van der Waals surface area contributed by atoms with Crippen LogP contribution in [0.1, 0.15) is 239 Å². The molecule has 0 saturated heterocycles. The summed E-state index contributed by atoms with van der Waals surface area (Å²) in [6.07, 6.45) is 48.5. The van der Waals surface area contributed by atoms with E-state index in [1.54, 1.807) is 0 Å². The van der Waals surface area contributed by atoms with Crippen molar-refractivity contribution in [1.29, 1.82) is 0 Å². The topological polar surface area (TPSA) is 69.6 Å². The largest absolute Gasteiger partial charge is 0.394 e. The average molecular weight is 664 g/mol. The molecule has 0 fully saturated rings. The third-order valence-electron chi connectivity index (χ3n) is 10.0. The minimum atomic E-state index is -0.657. The van der Waals surface area contributed by atoms with Crippen LogP contribution in [0, 0.1) is 0 Å². The molecule has 0 aromatic carbocycles. The minimum absolute atomic E-state index is 0.0335. The molecule has 0 aliphatic heterocycles. The summed E-state index contributed by atoms with van der Waals surface area (Å²) in [7, 11) is 0. The third kappa shape index (κ3) is 36.2. The molecule has 3 N–H and O–H groups in total. The monoisotopic (exact) mass is 664 g/mol. The number of carbonyl (C=O) groups is 1. The number of unbranched alkanes of at least 4 members (excludes halogenated alkanes) is 30. The fourth-order valence-corrected chi connectivity index (χ4v) is 6.71. The lowest BCUT2D eigenvalue weighted by Crippen LogP contribution is -2.45. The normalized spacial score (nSPS) is 13.0. The van der Waals surface area contributed by atoms with Gasteiger partial charge in [0.25, 0.3) is 0 Å². The van der Waals surface area contributed by atoms with Gasteiger partial charge in [0.1, 0.15) is 0 Å². The van der Waals surface area contributed by atoms with Gasteiger partial charge in [-0.15, -0.1) is 0 Å². The molecule has 0 aromatic heterocycles. The summed E-state index contributed by atoms with van der Waals surface area (Å²) in [5, 5.41) is 23.1. The molecule has 4 heteroatoms. The Morgan fingerprint density at radius 1 is 0.489 bits per heavy atom. The molecule has 0 heterocycles. The van der Waals surface area contributed by atoms with Crippen molar-refractivity contribution in [2.75, 3.05) is 6.61 Å². The van der Waals surface area contributed by atoms with Gasteiger partial charge in [0.2, 0.25) is 5.91 Å². The summed E-state index contributed by atoms with van der Waals surface area (Å²) < 4.78 is 0. The van der Waals surface area contributed by atoms with Crippen LogP contribution in [0.4, 0.5) is 0 Å². The van der Waals surface area contributed by atoms with Crippen molar-refractivity contribution in [2.24, 2.45) is 0 Å². The standard InChI is InChI=1S/C43H85NO3/c1-3-5-7-9-11-13-15-17-19-21-22-23-25-27-29-31-33-35-37-39-43(47)44-41(40-45)42(46)38-36-34-32-30-28-26-24-20-18-16-14-12-10-8-6-4-2/h21-22,41-42,45-46H,3-20,23-40H2,1-2H3,(H,44,47)/b22-21-. The highest BCUT2D eigenvalue weighted by Crippen LogP contribution is 2.16. The van der Waals surface area contributed by atoms with Gasteiger partial charge in [-0.3, -0.25) is 4.79 Å². The van der Waals surface area contributed by atoms with E-state index in [0.29, 0.717) is 12.8 Å². The van der Waals surface area contributed by atoms with Gasteiger partial charge in [-0.05, 0) is 38.5 Å². The molecule has 0 saturated carbocycles. The predicted molar refractivity (Wildman–Crippen MR) is 207 cm³/mol. The summed E-state index contributed by atoms with van der Waals surface area (Å²) in [4.78, 5) is 12.4. The summed E-state index contributed by atoms with van der Waals surface area (Å²) in [5.74, 6) is -0.0335. The Labute approximate surface area is 295 Å². The number of aliphatic hydroxyl groups excluding tert-OH is 2. The van der Waals surface area contributed by atoms with Crippen molar-refractivity contribution in [3.63, 3.8) is 0 Å². The van der Waals surface area contributed by atoms with Gasteiger partial charge in [-0.25, -0.2) is 0 Å². The van der Waals surface area contributed by atoms with E-state index < -0.39 is 12.1 Å². The molecule has 1 amide bonds. The maximum Gasteiger partial charge on any atom is 0.220 e. The van der Waals surface area contributed by atoms with Crippen LogP contribution in [-0.4, -0.2) is 34.9 Å². The van der Waals surface area contributed by atoms with E-state index in [-0.39, 0.29) is 12.5 Å². The lowest BCUT2D eigenvalue weighted by Gasteiger charge is -2.22. The number of hydrogen-bond donors (Lipinski definition) is 3. The summed E-state index contributed by atoms with van der Waals surface area (Å²) in [6.45, 7) is 4.37. The van der Waals surface area contributed by atoms with Crippen LogP contribution in [0.25, 0.3) is 0 Å². The van der Waals surface area contributed by atoms with Crippen molar-refractivity contribution in [2.45, 2.75) is 251 Å². The van der Waals surface area contributed by atoms with E-state index in [1.165, 1.54) is 186 Å². The Bertz CT molecular complexity index is 637. The zero-order valence-corrected chi connectivity index (χ0v) is 32.1. The maximum absolute atomic E-state index is 12.4. The molecule has 0 aliphatic carbocycles. The highest BCUT2D eigenvalue weighted by molar-refractivity contribution is 5.76. The molecule has 0 bridgehead atoms. The lowest BCUT2D eigenvalue weighted by molar-refractivity contribution is -0.123. The molecular formula is C43H85NO3. The Hall–Kier alpha value is -0.870. The van der Waals surface area contributed by atoms with Crippen molar-refractivity contribution in [3.8, 4) is 0 Å². The van der Waals surface area contributed by atoms with Gasteiger partial charge in [0, 0.05) is 6.42 Å². The van der Waals surface area contributed by atoms with Crippen molar-refractivity contribution in [1.82, 2.24) is 5.32 Å². The van der Waals surface area contributed by atoms with E-state index in [1.807, 2.05) is 0 Å². The van der Waals surface area contributed by atoms with E-state index in [4.69, 9.17) is 0 Å². The number of hydrogen-bond acceptors (Lipinski definition) is 3. The number of allylic oxidation sites excluding steroid dienone is 2. The first-order valence-corrected chi connectivity index (χ1v) is 21.4. The van der Waals surface area contributed by atoms with Gasteiger partial charge in [-0.2, -0.15) is 0 Å². The Kier molecular flexibility index (Phi) is 38.8. The zero-order chi connectivity index (χ0) is 34.3. The highest BCUT2D eigenvalue weighted by atomic mass is 16.3. The molecule has 0 rings (SSSR count). The molecule has 2 unspecified atom stereocenters. The molecule has 47 heavy (non-hydrogen) atoms. The van der Waals surface area contributed by atoms with Gasteiger partial charge in [0.05, 0.1) is 18.8 Å². The molecule has 0 spiro atoms. The van der Waals surface area contributed by atoms with Crippen LogP contribution >= 0.6 is 0 Å². The van der Waals surface area contributed by atoms with Crippen molar-refractivity contribution >= 4 is 5.91 Å². The van der Waals surface area contributed by atoms with Crippen LogP contribution in [0.3, 0.4) is 0 Å². The quantitative estimate of drug-likeness (QED) is 0.0453. The van der Waals surface area contributed by atoms with Crippen LogP contribution in [0.2, 0.25) is 0 Å². The number of amides is 1. The van der Waals surface area contributed by atoms with Crippen molar-refractivity contribution in [3.05, 3.63) is 12.2 Å². The molecule has 4 nitrogen and oxygen atoms in total. The van der Waals surface area contributed by atoms with Crippen molar-refractivity contribution < 1.29 is 15.0 Å². The fourth-order valence-electron chi connectivity index (χ4n) is 6.71. The Morgan fingerprint density at radius 2 is 0.809 bits per heavy atom. The number of nitrogens with one attached hydrogen (secondary N) is 1. The van der Waals surface area contributed by atoms with E-state index in [9.17, 15) is 15.0 Å². The predicted octanol–water partition coefficient (Wildman–Crippen LogP) is 13.1. The smallest absolute Gasteiger partial charge is 0.220 e. The molecule has 280 valence electrons. The van der Waals surface area contributed by atoms with Crippen LogP contribution in [0.15, 0.2) is 12.2 Å². The second-order valence-electron chi connectivity index (χ2n) is 14.8. The molecular weight excluding hydrogens is 578 g/mol. The van der Waals surface area contributed by atoms with Crippen LogP contribution in [0.5, 0.6) is 0 Å². The summed E-state index contributed by atoms with van der Waals surface area (Å²) >= 11 is 0. The fraction of sp³-hybridized carbons (Fsp3) is 0.930.